The van der Waals surface area contributed by atoms with Gasteiger partial charge in [0.2, 0.25) is 0 Å². The van der Waals surface area contributed by atoms with Crippen molar-refractivity contribution in [3.8, 4) is 16.9 Å². The Morgan fingerprint density at radius 3 is 2.46 bits per heavy atom. The van der Waals surface area contributed by atoms with E-state index in [1.54, 1.807) is 18.2 Å². The van der Waals surface area contributed by atoms with Crippen molar-refractivity contribution in [2.45, 2.75) is 26.2 Å². The molecule has 3 rings (SSSR count). The van der Waals surface area contributed by atoms with Gasteiger partial charge in [-0.3, -0.25) is 4.79 Å². The predicted octanol–water partition coefficient (Wildman–Crippen LogP) is 4.36. The fourth-order valence-corrected chi connectivity index (χ4v) is 2.82. The van der Waals surface area contributed by atoms with Gasteiger partial charge in [-0.25, -0.2) is 0 Å². The summed E-state index contributed by atoms with van der Waals surface area (Å²) in [6.45, 7) is 7.82. The van der Waals surface area contributed by atoms with Crippen molar-refractivity contribution in [3.63, 3.8) is 0 Å². The second kappa shape index (κ2) is 7.34. The van der Waals surface area contributed by atoms with Crippen molar-refractivity contribution < 1.29 is 9.15 Å². The molecule has 0 fully saturated rings. The van der Waals surface area contributed by atoms with E-state index in [2.05, 4.69) is 38.2 Å². The summed E-state index contributed by atoms with van der Waals surface area (Å²) < 4.78 is 11.4. The summed E-state index contributed by atoms with van der Waals surface area (Å²) in [5.41, 5.74) is 3.25. The first-order valence-electron chi connectivity index (χ1n) is 8.84. The third kappa shape index (κ3) is 3.81. The number of hydrogen-bond acceptors (Lipinski definition) is 4. The van der Waals surface area contributed by atoms with Crippen molar-refractivity contribution in [2.24, 2.45) is 0 Å². The Kier molecular flexibility index (Phi) is 5.14. The fourth-order valence-electron chi connectivity index (χ4n) is 2.82. The van der Waals surface area contributed by atoms with Gasteiger partial charge < -0.3 is 14.5 Å². The van der Waals surface area contributed by atoms with E-state index in [0.717, 1.165) is 12.1 Å². The minimum Gasteiger partial charge on any atom is -0.492 e. The Morgan fingerprint density at radius 2 is 1.81 bits per heavy atom. The zero-order valence-electron chi connectivity index (χ0n) is 15.8. The van der Waals surface area contributed by atoms with E-state index in [0.29, 0.717) is 28.9 Å². The summed E-state index contributed by atoms with van der Waals surface area (Å²) in [6, 6.07) is 13.4. The van der Waals surface area contributed by atoms with Crippen LogP contribution in [0.4, 0.5) is 0 Å². The van der Waals surface area contributed by atoms with Crippen molar-refractivity contribution in [1.29, 1.82) is 0 Å². The van der Waals surface area contributed by atoms with Gasteiger partial charge in [0, 0.05) is 12.6 Å². The summed E-state index contributed by atoms with van der Waals surface area (Å²) in [7, 11) is 1.87. The monoisotopic (exact) mass is 351 g/mol. The van der Waals surface area contributed by atoms with Crippen LogP contribution in [-0.2, 0) is 5.41 Å². The second-order valence-corrected chi connectivity index (χ2v) is 7.42. The second-order valence-electron chi connectivity index (χ2n) is 7.42. The molecule has 0 atom stereocenters. The Bertz CT molecular complexity index is 950. The van der Waals surface area contributed by atoms with E-state index in [-0.39, 0.29) is 10.8 Å². The fraction of sp³-hybridized carbons (Fsp3) is 0.318. The number of ether oxygens (including phenoxy) is 1. The van der Waals surface area contributed by atoms with Gasteiger partial charge >= 0.3 is 0 Å². The minimum atomic E-state index is -0.0310. The molecule has 1 N–H and O–H groups in total. The lowest BCUT2D eigenvalue weighted by Crippen LogP contribution is -2.16. The zero-order valence-corrected chi connectivity index (χ0v) is 15.8. The van der Waals surface area contributed by atoms with E-state index in [1.807, 2.05) is 19.2 Å². The Balaban J connectivity index is 1.94. The highest BCUT2D eigenvalue weighted by molar-refractivity contribution is 5.82. The van der Waals surface area contributed by atoms with Gasteiger partial charge in [0.15, 0.2) is 5.43 Å². The molecule has 0 bridgehead atoms. The van der Waals surface area contributed by atoms with Crippen molar-refractivity contribution in [1.82, 2.24) is 5.32 Å². The number of hydrogen-bond donors (Lipinski definition) is 1. The lowest BCUT2D eigenvalue weighted by molar-refractivity contribution is 0.318. The molecule has 1 heterocycles. The quantitative estimate of drug-likeness (QED) is 0.694. The molecule has 1 aromatic heterocycles. The largest absolute Gasteiger partial charge is 0.492 e. The molecule has 0 aliphatic rings. The van der Waals surface area contributed by atoms with Crippen LogP contribution in [0.3, 0.4) is 0 Å². The number of fused-ring (bicyclic) bond motifs is 1. The molecule has 26 heavy (non-hydrogen) atoms. The molecule has 136 valence electrons. The third-order valence-corrected chi connectivity index (χ3v) is 4.43. The molecule has 4 nitrogen and oxygen atoms in total. The van der Waals surface area contributed by atoms with Crippen molar-refractivity contribution >= 4 is 11.0 Å². The van der Waals surface area contributed by atoms with Gasteiger partial charge in [0.25, 0.3) is 0 Å². The molecule has 0 amide bonds. The highest BCUT2D eigenvalue weighted by Gasteiger charge is 2.15. The maximum atomic E-state index is 12.9. The van der Waals surface area contributed by atoms with E-state index >= 15 is 0 Å². The first-order valence-corrected chi connectivity index (χ1v) is 8.84. The standard InChI is InChI=1S/C22H25NO3/c1-22(2,3)16-7-5-15(6-8-16)19-14-26-20-13-17(25-12-11-23-4)9-10-18(20)21(19)24/h5-10,13-14,23H,11-12H2,1-4H3. The smallest absolute Gasteiger partial charge is 0.200 e. The van der Waals surface area contributed by atoms with Crippen molar-refractivity contribution in [2.75, 3.05) is 20.2 Å². The SMILES string of the molecule is CNCCOc1ccc2c(=O)c(-c3ccc(C(C)(C)C)cc3)coc2c1. The van der Waals surface area contributed by atoms with Gasteiger partial charge in [-0.15, -0.1) is 0 Å². The molecular weight excluding hydrogens is 326 g/mol. The van der Waals surface area contributed by atoms with Crippen LogP contribution < -0.4 is 15.5 Å². The van der Waals surface area contributed by atoms with E-state index in [4.69, 9.17) is 9.15 Å². The number of rotatable bonds is 5. The van der Waals surface area contributed by atoms with E-state index < -0.39 is 0 Å². The molecule has 0 saturated heterocycles. The summed E-state index contributed by atoms with van der Waals surface area (Å²) in [5, 5.41) is 3.58. The molecule has 0 aliphatic heterocycles. The number of benzene rings is 2. The summed E-state index contributed by atoms with van der Waals surface area (Å²) in [5.74, 6) is 0.693. The van der Waals surface area contributed by atoms with Crippen molar-refractivity contribution in [3.05, 3.63) is 64.5 Å². The normalized spacial score (nSPS) is 11.7. The van der Waals surface area contributed by atoms with Gasteiger partial charge in [-0.05, 0) is 35.7 Å². The topological polar surface area (TPSA) is 51.5 Å². The minimum absolute atomic E-state index is 0.0310. The molecule has 0 radical (unpaired) electrons. The van der Waals surface area contributed by atoms with Gasteiger partial charge in [0.05, 0.1) is 10.9 Å². The zero-order chi connectivity index (χ0) is 18.7. The van der Waals surface area contributed by atoms with Crippen LogP contribution >= 0.6 is 0 Å². The Morgan fingerprint density at radius 1 is 1.08 bits per heavy atom. The Labute approximate surface area is 153 Å². The average molecular weight is 351 g/mol. The molecule has 0 aliphatic carbocycles. The first-order chi connectivity index (χ1) is 12.4. The number of nitrogens with one attached hydrogen (secondary N) is 1. The summed E-state index contributed by atoms with van der Waals surface area (Å²) in [4.78, 5) is 12.9. The molecule has 4 heteroatoms. The lowest BCUT2D eigenvalue weighted by atomic mass is 9.86. The highest BCUT2D eigenvalue weighted by atomic mass is 16.5. The predicted molar refractivity (Wildman–Crippen MR) is 106 cm³/mol. The maximum absolute atomic E-state index is 12.9. The van der Waals surface area contributed by atoms with Crippen LogP contribution in [0.15, 0.2) is 57.9 Å². The summed E-state index contributed by atoms with van der Waals surface area (Å²) in [6.07, 6.45) is 1.54. The maximum Gasteiger partial charge on any atom is 0.200 e. The molecular formula is C22H25NO3. The number of likely N-dealkylation sites (N-methyl/N-ethyl adjacent to an activating group) is 1. The molecule has 0 saturated carbocycles. The van der Waals surface area contributed by atoms with Gasteiger partial charge in [-0.2, -0.15) is 0 Å². The first kappa shape index (κ1) is 18.2. The van der Waals surface area contributed by atoms with Gasteiger partial charge in [-0.1, -0.05) is 45.0 Å². The van der Waals surface area contributed by atoms with Crippen LogP contribution in [0.5, 0.6) is 5.75 Å². The van der Waals surface area contributed by atoms with Gasteiger partial charge in [0.1, 0.15) is 24.2 Å². The highest BCUT2D eigenvalue weighted by Crippen LogP contribution is 2.26. The molecule has 0 spiro atoms. The van der Waals surface area contributed by atoms with E-state index in [1.165, 1.54) is 11.8 Å². The van der Waals surface area contributed by atoms with Crippen LogP contribution in [0.25, 0.3) is 22.1 Å². The lowest BCUT2D eigenvalue weighted by Gasteiger charge is -2.19. The molecule has 0 unspecified atom stereocenters. The van der Waals surface area contributed by atoms with E-state index in [9.17, 15) is 4.79 Å². The van der Waals surface area contributed by atoms with Crippen LogP contribution in [0.2, 0.25) is 0 Å². The average Bonchev–Trinajstić information content (AvgIpc) is 2.62. The van der Waals surface area contributed by atoms with Crippen LogP contribution in [-0.4, -0.2) is 20.2 Å². The Hall–Kier alpha value is -2.59. The van der Waals surface area contributed by atoms with Crippen LogP contribution in [0, 0.1) is 0 Å². The molecule has 3 aromatic rings. The third-order valence-electron chi connectivity index (χ3n) is 4.43. The summed E-state index contributed by atoms with van der Waals surface area (Å²) >= 11 is 0. The molecule has 2 aromatic carbocycles. The van der Waals surface area contributed by atoms with Crippen LogP contribution in [0.1, 0.15) is 26.3 Å².